The van der Waals surface area contributed by atoms with E-state index in [1.165, 1.54) is 17.3 Å². The van der Waals surface area contributed by atoms with Crippen molar-refractivity contribution < 1.29 is 9.53 Å². The van der Waals surface area contributed by atoms with Crippen molar-refractivity contribution >= 4 is 34.6 Å². The second-order valence-electron chi connectivity index (χ2n) is 8.19. The van der Waals surface area contributed by atoms with Gasteiger partial charge in [-0.2, -0.15) is 0 Å². The molecule has 8 nitrogen and oxygen atoms in total. The predicted octanol–water partition coefficient (Wildman–Crippen LogP) is 4.89. The van der Waals surface area contributed by atoms with E-state index < -0.39 is 0 Å². The summed E-state index contributed by atoms with van der Waals surface area (Å²) >= 11 is 1.43. The number of hydrogen-bond donors (Lipinski definition) is 0. The first-order chi connectivity index (χ1) is 16.5. The highest BCUT2D eigenvalue weighted by Gasteiger charge is 2.32. The molecule has 0 N–H and O–H groups in total. The van der Waals surface area contributed by atoms with Gasteiger partial charge in [0.05, 0.1) is 18.6 Å². The third kappa shape index (κ3) is 5.20. The molecule has 0 spiro atoms. The van der Waals surface area contributed by atoms with E-state index in [1.54, 1.807) is 16.7 Å². The van der Waals surface area contributed by atoms with Gasteiger partial charge in [-0.15, -0.1) is 5.10 Å². The van der Waals surface area contributed by atoms with Gasteiger partial charge in [-0.25, -0.2) is 9.67 Å². The number of carbonyl (C=O) groups excluding carboxylic acids is 1. The number of nitrogens with zero attached hydrogens (tertiary/aromatic N) is 6. The van der Waals surface area contributed by atoms with Crippen LogP contribution in [0.15, 0.2) is 59.2 Å². The summed E-state index contributed by atoms with van der Waals surface area (Å²) in [6.07, 6.45) is 2.76. The van der Waals surface area contributed by atoms with Gasteiger partial charge in [0.25, 0.3) is 5.91 Å². The number of ether oxygens (including phenoxy) is 1. The van der Waals surface area contributed by atoms with Crippen LogP contribution in [0.3, 0.4) is 0 Å². The van der Waals surface area contributed by atoms with E-state index in [0.29, 0.717) is 34.0 Å². The number of benzene rings is 2. The van der Waals surface area contributed by atoms with Gasteiger partial charge in [0.15, 0.2) is 11.0 Å². The van der Waals surface area contributed by atoms with Crippen molar-refractivity contribution in [3.63, 3.8) is 0 Å². The van der Waals surface area contributed by atoms with Gasteiger partial charge in [0, 0.05) is 12.6 Å². The molecule has 1 amide bonds. The highest BCUT2D eigenvalue weighted by Crippen LogP contribution is 2.32. The summed E-state index contributed by atoms with van der Waals surface area (Å²) in [5.41, 5.74) is 3.26. The lowest BCUT2D eigenvalue weighted by molar-refractivity contribution is -0.113. The number of rotatable bonds is 8. The predicted molar refractivity (Wildman–Crippen MR) is 136 cm³/mol. The number of tetrazole rings is 1. The minimum absolute atomic E-state index is 0.183. The number of methoxy groups -OCH3 is 1. The van der Waals surface area contributed by atoms with Gasteiger partial charge in [-0.05, 0) is 52.1 Å². The number of aromatic nitrogens is 4. The molecule has 0 radical (unpaired) electrons. The van der Waals surface area contributed by atoms with Crippen LogP contribution in [-0.2, 0) is 17.1 Å². The van der Waals surface area contributed by atoms with E-state index in [9.17, 15) is 4.79 Å². The SMILES string of the molecule is CCCn1nnnc1CSC1=N/C(=C\c2ccc(C(C)C)cc2)C(=O)N1c1cccc(OC)c1. The van der Waals surface area contributed by atoms with Gasteiger partial charge in [0.2, 0.25) is 0 Å². The summed E-state index contributed by atoms with van der Waals surface area (Å²) in [5.74, 6) is 2.17. The average Bonchev–Trinajstić information content (AvgIpc) is 3.42. The molecule has 0 unspecified atom stereocenters. The van der Waals surface area contributed by atoms with E-state index in [1.807, 2.05) is 42.5 Å². The van der Waals surface area contributed by atoms with Crippen LogP contribution in [0.25, 0.3) is 6.08 Å². The Labute approximate surface area is 203 Å². The molecule has 0 fully saturated rings. The van der Waals surface area contributed by atoms with E-state index in [0.717, 1.165) is 24.4 Å². The van der Waals surface area contributed by atoms with Crippen molar-refractivity contribution in [2.24, 2.45) is 4.99 Å². The lowest BCUT2D eigenvalue weighted by Crippen LogP contribution is -2.30. The number of amides is 1. The number of anilines is 1. The summed E-state index contributed by atoms with van der Waals surface area (Å²) in [5, 5.41) is 12.6. The fourth-order valence-corrected chi connectivity index (χ4v) is 4.49. The van der Waals surface area contributed by atoms with Gasteiger partial charge in [-0.1, -0.05) is 62.9 Å². The monoisotopic (exact) mass is 476 g/mol. The van der Waals surface area contributed by atoms with Crippen LogP contribution in [0.2, 0.25) is 0 Å². The van der Waals surface area contributed by atoms with Crippen molar-refractivity contribution in [2.45, 2.75) is 45.4 Å². The van der Waals surface area contributed by atoms with E-state index in [-0.39, 0.29) is 5.91 Å². The first-order valence-corrected chi connectivity index (χ1v) is 12.3. The fourth-order valence-electron chi connectivity index (χ4n) is 3.55. The number of carbonyl (C=O) groups is 1. The zero-order chi connectivity index (χ0) is 24.1. The van der Waals surface area contributed by atoms with E-state index in [2.05, 4.69) is 48.4 Å². The normalized spacial score (nSPS) is 14.9. The van der Waals surface area contributed by atoms with Gasteiger partial charge < -0.3 is 4.74 Å². The largest absolute Gasteiger partial charge is 0.497 e. The summed E-state index contributed by atoms with van der Waals surface area (Å²) in [4.78, 5) is 19.8. The van der Waals surface area contributed by atoms with Crippen LogP contribution in [0, 0.1) is 0 Å². The topological polar surface area (TPSA) is 85.5 Å². The number of thioether (sulfide) groups is 1. The molecule has 0 bridgehead atoms. The Morgan fingerprint density at radius 2 is 1.94 bits per heavy atom. The summed E-state index contributed by atoms with van der Waals surface area (Å²) in [6.45, 7) is 7.13. The second-order valence-corrected chi connectivity index (χ2v) is 9.14. The third-order valence-electron chi connectivity index (χ3n) is 5.42. The van der Waals surface area contributed by atoms with Crippen molar-refractivity contribution in [3.8, 4) is 5.75 Å². The lowest BCUT2D eigenvalue weighted by atomic mass is 10.0. The molecule has 0 saturated carbocycles. The standard InChI is InChI=1S/C25H28N6O2S/c1-5-13-30-23(27-28-29-30)16-34-25-26-22(14-18-9-11-19(12-10-18)17(2)3)24(32)31(25)20-7-6-8-21(15-20)33-4/h6-12,14-15,17H,5,13,16H2,1-4H3/b22-14-. The Bertz CT molecular complexity index is 1220. The molecule has 2 aromatic carbocycles. The number of amidine groups is 1. The van der Waals surface area contributed by atoms with Crippen LogP contribution in [0.1, 0.15) is 50.1 Å². The zero-order valence-electron chi connectivity index (χ0n) is 19.8. The highest BCUT2D eigenvalue weighted by molar-refractivity contribution is 8.13. The minimum atomic E-state index is -0.183. The Kier molecular flexibility index (Phi) is 7.42. The minimum Gasteiger partial charge on any atom is -0.497 e. The molecule has 1 aliphatic rings. The molecule has 1 aliphatic heterocycles. The number of aryl methyl sites for hydroxylation is 1. The van der Waals surface area contributed by atoms with Crippen LogP contribution < -0.4 is 9.64 Å². The van der Waals surface area contributed by atoms with Crippen molar-refractivity contribution in [1.29, 1.82) is 0 Å². The Hall–Kier alpha value is -3.46. The molecule has 4 rings (SSSR count). The third-order valence-corrected chi connectivity index (χ3v) is 6.35. The highest BCUT2D eigenvalue weighted by atomic mass is 32.2. The molecule has 9 heteroatoms. The molecule has 0 saturated heterocycles. The van der Waals surface area contributed by atoms with Crippen LogP contribution in [0.5, 0.6) is 5.75 Å². The first-order valence-electron chi connectivity index (χ1n) is 11.3. The average molecular weight is 477 g/mol. The first kappa shape index (κ1) is 23.7. The lowest BCUT2D eigenvalue weighted by Gasteiger charge is -2.18. The molecule has 2 heterocycles. The van der Waals surface area contributed by atoms with E-state index in [4.69, 9.17) is 9.73 Å². The summed E-state index contributed by atoms with van der Waals surface area (Å²) < 4.78 is 7.16. The molecular weight excluding hydrogens is 448 g/mol. The quantitative estimate of drug-likeness (QED) is 0.430. The maximum absolute atomic E-state index is 13.5. The van der Waals surface area contributed by atoms with Crippen LogP contribution in [-0.4, -0.2) is 38.4 Å². The molecule has 176 valence electrons. The van der Waals surface area contributed by atoms with Crippen LogP contribution in [0.4, 0.5) is 5.69 Å². The Morgan fingerprint density at radius 1 is 1.15 bits per heavy atom. The van der Waals surface area contributed by atoms with E-state index >= 15 is 0 Å². The van der Waals surface area contributed by atoms with Gasteiger partial charge >= 0.3 is 0 Å². The van der Waals surface area contributed by atoms with Crippen molar-refractivity contribution in [2.75, 3.05) is 12.0 Å². The molecule has 0 aliphatic carbocycles. The second kappa shape index (κ2) is 10.6. The molecule has 1 aromatic heterocycles. The maximum atomic E-state index is 13.5. The smallest absolute Gasteiger partial charge is 0.283 e. The van der Waals surface area contributed by atoms with Crippen LogP contribution >= 0.6 is 11.8 Å². The maximum Gasteiger partial charge on any atom is 0.283 e. The van der Waals surface area contributed by atoms with Crippen molar-refractivity contribution in [1.82, 2.24) is 20.2 Å². The zero-order valence-corrected chi connectivity index (χ0v) is 20.6. The number of aliphatic imine (C=N–C) groups is 1. The van der Waals surface area contributed by atoms with Gasteiger partial charge in [-0.3, -0.25) is 9.69 Å². The molecule has 34 heavy (non-hydrogen) atoms. The Morgan fingerprint density at radius 3 is 2.65 bits per heavy atom. The molecule has 3 aromatic rings. The summed E-state index contributed by atoms with van der Waals surface area (Å²) in [7, 11) is 1.61. The molecule has 0 atom stereocenters. The number of hydrogen-bond acceptors (Lipinski definition) is 7. The Balaban J connectivity index is 1.65. The summed E-state index contributed by atoms with van der Waals surface area (Å²) in [6, 6.07) is 15.6. The van der Waals surface area contributed by atoms with Gasteiger partial charge in [0.1, 0.15) is 11.4 Å². The fraction of sp³-hybridized carbons (Fsp3) is 0.320. The molecular formula is C25H28N6O2S. The van der Waals surface area contributed by atoms with Crippen molar-refractivity contribution in [3.05, 3.63) is 71.2 Å².